The van der Waals surface area contributed by atoms with E-state index in [1.165, 1.54) is 7.11 Å². The Morgan fingerprint density at radius 2 is 1.96 bits per heavy atom. The zero-order valence-electron chi connectivity index (χ0n) is 14.6. The van der Waals surface area contributed by atoms with Crippen molar-refractivity contribution in [2.45, 2.75) is 19.4 Å². The number of hydrogen-bond acceptors (Lipinski definition) is 3. The molecule has 1 atom stereocenters. The maximum atomic E-state index is 12.3. The Balaban J connectivity index is 1.63. The maximum Gasteiger partial charge on any atom is 0.319 e. The summed E-state index contributed by atoms with van der Waals surface area (Å²) in [6, 6.07) is 12.0. The quantitative estimate of drug-likeness (QED) is 0.860. The van der Waals surface area contributed by atoms with Crippen LogP contribution in [0.15, 0.2) is 42.5 Å². The Kier molecular flexibility index (Phi) is 5.32. The molecule has 2 N–H and O–H groups in total. The minimum absolute atomic E-state index is 0.0144. The highest BCUT2D eigenvalue weighted by atomic mass is 35.5. The van der Waals surface area contributed by atoms with Gasteiger partial charge in [0, 0.05) is 23.7 Å². The summed E-state index contributed by atoms with van der Waals surface area (Å²) in [7, 11) is 1.52. The van der Waals surface area contributed by atoms with Gasteiger partial charge in [-0.1, -0.05) is 29.3 Å². The van der Waals surface area contributed by atoms with Crippen molar-refractivity contribution in [3.05, 3.63) is 53.1 Å². The fourth-order valence-electron chi connectivity index (χ4n) is 2.90. The number of methoxy groups -OCH3 is 1. The number of carbonyl (C=O) groups excluding carboxylic acids is 2. The first-order valence-corrected chi connectivity index (χ1v) is 8.62. The molecule has 1 fully saturated rings. The third kappa shape index (κ3) is 4.08. The summed E-state index contributed by atoms with van der Waals surface area (Å²) in [5, 5.41) is 6.03. The molecule has 0 radical (unpaired) electrons. The number of urea groups is 1. The van der Waals surface area contributed by atoms with Crippen LogP contribution in [-0.4, -0.2) is 31.6 Å². The van der Waals surface area contributed by atoms with E-state index in [4.69, 9.17) is 16.3 Å². The zero-order chi connectivity index (χ0) is 18.7. The normalized spacial score (nSPS) is 16.5. The van der Waals surface area contributed by atoms with Crippen LogP contribution in [0, 0.1) is 6.92 Å². The van der Waals surface area contributed by atoms with Crippen LogP contribution in [0.4, 0.5) is 16.2 Å². The van der Waals surface area contributed by atoms with E-state index in [1.807, 2.05) is 31.2 Å². The number of rotatable bonds is 4. The molecule has 0 aromatic heterocycles. The van der Waals surface area contributed by atoms with Crippen molar-refractivity contribution < 1.29 is 14.3 Å². The molecule has 7 heteroatoms. The topological polar surface area (TPSA) is 70.7 Å². The molecule has 0 spiro atoms. The maximum absolute atomic E-state index is 12.3. The number of amides is 3. The van der Waals surface area contributed by atoms with Crippen molar-refractivity contribution >= 4 is 34.9 Å². The molecule has 26 heavy (non-hydrogen) atoms. The molecule has 3 rings (SSSR count). The molecule has 0 unspecified atom stereocenters. The van der Waals surface area contributed by atoms with Gasteiger partial charge in [-0.25, -0.2) is 4.79 Å². The van der Waals surface area contributed by atoms with Crippen molar-refractivity contribution in [2.75, 3.05) is 23.9 Å². The molecule has 2 aromatic rings. The molecule has 2 aromatic carbocycles. The van der Waals surface area contributed by atoms with Crippen molar-refractivity contribution in [3.8, 4) is 5.75 Å². The summed E-state index contributed by atoms with van der Waals surface area (Å²) in [6.07, 6.45) is 0.258. The van der Waals surface area contributed by atoms with Crippen molar-refractivity contribution in [2.24, 2.45) is 0 Å². The van der Waals surface area contributed by atoms with Crippen molar-refractivity contribution in [1.29, 1.82) is 0 Å². The van der Waals surface area contributed by atoms with Crippen LogP contribution in [0.2, 0.25) is 5.02 Å². The van der Waals surface area contributed by atoms with Gasteiger partial charge in [-0.2, -0.15) is 0 Å². The minimum Gasteiger partial charge on any atom is -0.495 e. The highest BCUT2D eigenvalue weighted by molar-refractivity contribution is 6.31. The zero-order valence-corrected chi connectivity index (χ0v) is 15.3. The van der Waals surface area contributed by atoms with Gasteiger partial charge in [-0.15, -0.1) is 0 Å². The number of benzene rings is 2. The first kappa shape index (κ1) is 18.1. The third-order valence-corrected chi connectivity index (χ3v) is 4.45. The van der Waals surface area contributed by atoms with E-state index in [2.05, 4.69) is 10.6 Å². The van der Waals surface area contributed by atoms with Crippen LogP contribution in [0.1, 0.15) is 12.0 Å². The van der Waals surface area contributed by atoms with E-state index in [9.17, 15) is 9.59 Å². The Hall–Kier alpha value is -2.73. The average Bonchev–Trinajstić information content (AvgIpc) is 2.96. The predicted octanol–water partition coefficient (Wildman–Crippen LogP) is 3.58. The van der Waals surface area contributed by atoms with Crippen molar-refractivity contribution in [3.63, 3.8) is 0 Å². The first-order chi connectivity index (χ1) is 12.5. The Labute approximate surface area is 157 Å². The molecule has 0 aliphatic carbocycles. The molecular formula is C19H20ClN3O3. The van der Waals surface area contributed by atoms with E-state index >= 15 is 0 Å². The molecule has 1 heterocycles. The summed E-state index contributed by atoms with van der Waals surface area (Å²) in [5.41, 5.74) is 2.43. The smallest absolute Gasteiger partial charge is 0.319 e. The molecular weight excluding hydrogens is 354 g/mol. The standard InChI is InChI=1S/C19H20ClN3O3/c1-12-3-6-15(7-4-12)23-11-14(10-18(23)24)21-19(25)22-16-9-13(20)5-8-17(16)26-2/h3-9,14H,10-11H2,1-2H3,(H2,21,22,25)/t14-/m1/s1. The minimum atomic E-state index is -0.408. The number of nitrogens with zero attached hydrogens (tertiary/aromatic N) is 1. The average molecular weight is 374 g/mol. The lowest BCUT2D eigenvalue weighted by molar-refractivity contribution is -0.117. The summed E-state index contributed by atoms with van der Waals surface area (Å²) >= 11 is 5.97. The van der Waals surface area contributed by atoms with E-state index in [1.54, 1.807) is 23.1 Å². The number of hydrogen-bond donors (Lipinski definition) is 2. The monoisotopic (exact) mass is 373 g/mol. The second-order valence-corrected chi connectivity index (χ2v) is 6.62. The lowest BCUT2D eigenvalue weighted by Gasteiger charge is -2.18. The Morgan fingerprint density at radius 1 is 1.23 bits per heavy atom. The Morgan fingerprint density at radius 3 is 2.65 bits per heavy atom. The van der Waals surface area contributed by atoms with Crippen LogP contribution in [0.3, 0.4) is 0 Å². The summed E-state index contributed by atoms with van der Waals surface area (Å²) < 4.78 is 5.21. The highest BCUT2D eigenvalue weighted by Crippen LogP contribution is 2.28. The molecule has 1 saturated heterocycles. The highest BCUT2D eigenvalue weighted by Gasteiger charge is 2.31. The van der Waals surface area contributed by atoms with E-state index in [0.717, 1.165) is 11.3 Å². The lowest BCUT2D eigenvalue weighted by Crippen LogP contribution is -2.39. The van der Waals surface area contributed by atoms with Gasteiger partial charge in [0.25, 0.3) is 0 Å². The van der Waals surface area contributed by atoms with E-state index < -0.39 is 6.03 Å². The largest absolute Gasteiger partial charge is 0.495 e. The third-order valence-electron chi connectivity index (χ3n) is 4.22. The molecule has 6 nitrogen and oxygen atoms in total. The van der Waals surface area contributed by atoms with Gasteiger partial charge in [0.15, 0.2) is 0 Å². The molecule has 0 bridgehead atoms. The fraction of sp³-hybridized carbons (Fsp3) is 0.263. The molecule has 0 saturated carbocycles. The molecule has 1 aliphatic heterocycles. The number of anilines is 2. The SMILES string of the molecule is COc1ccc(Cl)cc1NC(=O)N[C@@H]1CC(=O)N(c2ccc(C)cc2)C1. The van der Waals surface area contributed by atoms with Crippen LogP contribution >= 0.6 is 11.6 Å². The van der Waals surface area contributed by atoms with Crippen LogP contribution in [0.25, 0.3) is 0 Å². The first-order valence-electron chi connectivity index (χ1n) is 8.24. The van der Waals surface area contributed by atoms with Gasteiger partial charge in [0.1, 0.15) is 5.75 Å². The van der Waals surface area contributed by atoms with Crippen LogP contribution in [-0.2, 0) is 4.79 Å². The predicted molar refractivity (Wildman–Crippen MR) is 102 cm³/mol. The lowest BCUT2D eigenvalue weighted by atomic mass is 10.2. The van der Waals surface area contributed by atoms with Gasteiger partial charge < -0.3 is 20.3 Å². The summed E-state index contributed by atoms with van der Waals surface area (Å²) in [5.74, 6) is 0.493. The van der Waals surface area contributed by atoms with E-state index in [-0.39, 0.29) is 18.4 Å². The second kappa shape index (κ2) is 7.66. The molecule has 1 aliphatic rings. The number of nitrogens with one attached hydrogen (secondary N) is 2. The number of halogens is 1. The van der Waals surface area contributed by atoms with E-state index in [0.29, 0.717) is 23.0 Å². The molecule has 136 valence electrons. The van der Waals surface area contributed by atoms with Gasteiger partial charge in [-0.05, 0) is 37.3 Å². The van der Waals surface area contributed by atoms with Gasteiger partial charge in [-0.3, -0.25) is 4.79 Å². The van der Waals surface area contributed by atoms with Crippen LogP contribution < -0.4 is 20.3 Å². The second-order valence-electron chi connectivity index (χ2n) is 6.18. The van der Waals surface area contributed by atoms with Gasteiger partial charge in [0.2, 0.25) is 5.91 Å². The summed E-state index contributed by atoms with van der Waals surface area (Å²) in [4.78, 5) is 26.2. The number of carbonyl (C=O) groups is 2. The summed E-state index contributed by atoms with van der Waals surface area (Å²) in [6.45, 7) is 2.43. The van der Waals surface area contributed by atoms with Gasteiger partial charge in [0.05, 0.1) is 18.8 Å². The van der Waals surface area contributed by atoms with Gasteiger partial charge >= 0.3 is 6.03 Å². The molecule has 3 amide bonds. The van der Waals surface area contributed by atoms with Crippen molar-refractivity contribution in [1.82, 2.24) is 5.32 Å². The number of ether oxygens (including phenoxy) is 1. The fourth-order valence-corrected chi connectivity index (χ4v) is 3.07. The Bertz CT molecular complexity index is 823. The van der Waals surface area contributed by atoms with Crippen LogP contribution in [0.5, 0.6) is 5.75 Å². The number of aryl methyl sites for hydroxylation is 1.